The molecule has 0 N–H and O–H groups in total. The summed E-state index contributed by atoms with van der Waals surface area (Å²) < 4.78 is 0. The van der Waals surface area contributed by atoms with Gasteiger partial charge in [-0.3, -0.25) is 4.79 Å². The lowest BCUT2D eigenvalue weighted by Gasteiger charge is -2.38. The number of ketones is 1. The van der Waals surface area contributed by atoms with Gasteiger partial charge in [-0.05, 0) is 85.8 Å². The summed E-state index contributed by atoms with van der Waals surface area (Å²) in [6.45, 7) is 3.94. The predicted octanol–water partition coefficient (Wildman–Crippen LogP) is 9.22. The van der Waals surface area contributed by atoms with E-state index in [1.165, 1.54) is 93.7 Å². The molecule has 0 aromatic heterocycles. The Labute approximate surface area is 196 Å². The molecule has 0 saturated heterocycles. The van der Waals surface area contributed by atoms with Gasteiger partial charge in [0.25, 0.3) is 0 Å². The Bertz CT molecular complexity index is 831. The Kier molecular flexibility index (Phi) is 8.22. The SMILES string of the molecule is CCCCC[C@H]1CC[C@H]([C@H]2CC[C@H](c3ccc(-c4ccc(C(C)=O)cc4)cc3)CC2)CC1. The lowest BCUT2D eigenvalue weighted by atomic mass is 9.68. The van der Waals surface area contributed by atoms with Crippen LogP contribution in [0.15, 0.2) is 48.5 Å². The summed E-state index contributed by atoms with van der Waals surface area (Å²) in [4.78, 5) is 11.5. The van der Waals surface area contributed by atoms with E-state index in [2.05, 4.69) is 43.3 Å². The van der Waals surface area contributed by atoms with Crippen LogP contribution in [0.1, 0.15) is 113 Å². The highest BCUT2D eigenvalue weighted by Crippen LogP contribution is 2.44. The van der Waals surface area contributed by atoms with Crippen LogP contribution in [-0.2, 0) is 0 Å². The summed E-state index contributed by atoms with van der Waals surface area (Å²) in [6.07, 6.45) is 17.4. The van der Waals surface area contributed by atoms with E-state index in [0.29, 0.717) is 0 Å². The van der Waals surface area contributed by atoms with Crippen molar-refractivity contribution in [1.82, 2.24) is 0 Å². The topological polar surface area (TPSA) is 17.1 Å². The largest absolute Gasteiger partial charge is 0.295 e. The summed E-state index contributed by atoms with van der Waals surface area (Å²) in [5, 5.41) is 0. The molecule has 0 heterocycles. The van der Waals surface area contributed by atoms with Crippen LogP contribution in [0, 0.1) is 17.8 Å². The van der Waals surface area contributed by atoms with E-state index < -0.39 is 0 Å². The van der Waals surface area contributed by atoms with Crippen molar-refractivity contribution in [3.8, 4) is 11.1 Å². The average Bonchev–Trinajstić information content (AvgIpc) is 2.85. The molecule has 4 rings (SSSR count). The molecule has 2 aliphatic rings. The molecular formula is C31H42O. The van der Waals surface area contributed by atoms with E-state index in [1.807, 2.05) is 12.1 Å². The van der Waals surface area contributed by atoms with E-state index in [0.717, 1.165) is 29.2 Å². The van der Waals surface area contributed by atoms with Crippen molar-refractivity contribution < 1.29 is 4.79 Å². The van der Waals surface area contributed by atoms with Gasteiger partial charge in [-0.25, -0.2) is 0 Å². The highest BCUT2D eigenvalue weighted by atomic mass is 16.1. The molecule has 0 radical (unpaired) electrons. The van der Waals surface area contributed by atoms with Crippen molar-refractivity contribution in [3.05, 3.63) is 59.7 Å². The molecule has 1 heteroatoms. The Morgan fingerprint density at radius 3 is 1.78 bits per heavy atom. The molecule has 1 nitrogen and oxygen atoms in total. The van der Waals surface area contributed by atoms with Gasteiger partial charge in [-0.15, -0.1) is 0 Å². The summed E-state index contributed by atoms with van der Waals surface area (Å²) in [6, 6.07) is 17.2. The van der Waals surface area contributed by atoms with Crippen LogP contribution < -0.4 is 0 Å². The fraction of sp³-hybridized carbons (Fsp3) is 0.581. The van der Waals surface area contributed by atoms with Crippen LogP contribution in [0.3, 0.4) is 0 Å². The first-order valence-electron chi connectivity index (χ1n) is 13.4. The number of benzene rings is 2. The fourth-order valence-corrected chi connectivity index (χ4v) is 6.40. The van der Waals surface area contributed by atoms with Crippen molar-refractivity contribution in [2.24, 2.45) is 17.8 Å². The second-order valence-corrected chi connectivity index (χ2v) is 10.6. The molecule has 32 heavy (non-hydrogen) atoms. The van der Waals surface area contributed by atoms with Crippen LogP contribution >= 0.6 is 0 Å². The Hall–Kier alpha value is -1.89. The average molecular weight is 431 g/mol. The second kappa shape index (κ2) is 11.3. The number of unbranched alkanes of at least 4 members (excludes halogenated alkanes) is 2. The summed E-state index contributed by atoms with van der Waals surface area (Å²) in [5.41, 5.74) is 4.74. The summed E-state index contributed by atoms with van der Waals surface area (Å²) >= 11 is 0. The number of rotatable bonds is 8. The van der Waals surface area contributed by atoms with Gasteiger partial charge in [0.1, 0.15) is 0 Å². The quantitative estimate of drug-likeness (QED) is 0.301. The maximum Gasteiger partial charge on any atom is 0.159 e. The maximum atomic E-state index is 11.5. The molecule has 2 fully saturated rings. The molecule has 172 valence electrons. The zero-order valence-corrected chi connectivity index (χ0v) is 20.3. The molecule has 2 aromatic carbocycles. The van der Waals surface area contributed by atoms with E-state index >= 15 is 0 Å². The number of carbonyl (C=O) groups is 1. The van der Waals surface area contributed by atoms with Gasteiger partial charge in [0.2, 0.25) is 0 Å². The third-order valence-corrected chi connectivity index (χ3v) is 8.55. The Morgan fingerprint density at radius 2 is 1.25 bits per heavy atom. The van der Waals surface area contributed by atoms with E-state index in [-0.39, 0.29) is 5.78 Å². The molecule has 0 unspecified atom stereocenters. The van der Waals surface area contributed by atoms with Crippen LogP contribution in [0.2, 0.25) is 0 Å². The summed E-state index contributed by atoms with van der Waals surface area (Å²) in [5.74, 6) is 3.90. The highest BCUT2D eigenvalue weighted by molar-refractivity contribution is 5.94. The lowest BCUT2D eigenvalue weighted by Crippen LogP contribution is -2.25. The Balaban J connectivity index is 1.25. The maximum absolute atomic E-state index is 11.5. The molecule has 2 aromatic rings. The first-order chi connectivity index (χ1) is 15.6. The standard InChI is InChI=1S/C31H42O/c1-3-4-5-6-24-7-9-26(10-8-24)28-15-17-30(18-16-28)31-21-19-29(20-22-31)27-13-11-25(12-14-27)23(2)32/h11-14,19-22,24,26,28,30H,3-10,15-18H2,1-2H3/t24-,26-,28-,30-. The normalized spacial score (nSPS) is 26.1. The lowest BCUT2D eigenvalue weighted by molar-refractivity contribution is 0.101. The van der Waals surface area contributed by atoms with Crippen molar-refractivity contribution >= 4 is 5.78 Å². The van der Waals surface area contributed by atoms with Gasteiger partial charge >= 0.3 is 0 Å². The minimum absolute atomic E-state index is 0.127. The zero-order chi connectivity index (χ0) is 22.3. The molecule has 2 saturated carbocycles. The number of carbonyl (C=O) groups excluding carboxylic acids is 1. The fourth-order valence-electron chi connectivity index (χ4n) is 6.40. The van der Waals surface area contributed by atoms with E-state index in [4.69, 9.17) is 0 Å². The molecule has 2 aliphatic carbocycles. The van der Waals surface area contributed by atoms with Crippen LogP contribution in [-0.4, -0.2) is 5.78 Å². The van der Waals surface area contributed by atoms with Crippen molar-refractivity contribution in [1.29, 1.82) is 0 Å². The van der Waals surface area contributed by atoms with Crippen molar-refractivity contribution in [2.45, 2.75) is 96.8 Å². The van der Waals surface area contributed by atoms with E-state index in [1.54, 1.807) is 6.92 Å². The third kappa shape index (κ3) is 5.91. The zero-order valence-electron chi connectivity index (χ0n) is 20.3. The first kappa shape index (κ1) is 23.3. The number of Topliss-reactive ketones (excluding diaryl/α,β-unsaturated/α-hetero) is 1. The third-order valence-electron chi connectivity index (χ3n) is 8.55. The van der Waals surface area contributed by atoms with Gasteiger partial charge in [-0.2, -0.15) is 0 Å². The van der Waals surface area contributed by atoms with Gasteiger partial charge < -0.3 is 0 Å². The molecule has 0 amide bonds. The van der Waals surface area contributed by atoms with Gasteiger partial charge in [0.15, 0.2) is 5.78 Å². The smallest absolute Gasteiger partial charge is 0.159 e. The van der Waals surface area contributed by atoms with Crippen LogP contribution in [0.25, 0.3) is 11.1 Å². The second-order valence-electron chi connectivity index (χ2n) is 10.6. The molecule has 0 spiro atoms. The predicted molar refractivity (Wildman–Crippen MR) is 136 cm³/mol. The number of hydrogen-bond acceptors (Lipinski definition) is 1. The minimum Gasteiger partial charge on any atom is -0.295 e. The summed E-state index contributed by atoms with van der Waals surface area (Å²) in [7, 11) is 0. The molecule has 0 bridgehead atoms. The van der Waals surface area contributed by atoms with Crippen molar-refractivity contribution in [2.75, 3.05) is 0 Å². The van der Waals surface area contributed by atoms with Crippen molar-refractivity contribution in [3.63, 3.8) is 0 Å². The minimum atomic E-state index is 0.127. The highest BCUT2D eigenvalue weighted by Gasteiger charge is 2.31. The molecule has 0 aliphatic heterocycles. The monoisotopic (exact) mass is 430 g/mol. The van der Waals surface area contributed by atoms with Gasteiger partial charge in [0, 0.05) is 5.56 Å². The first-order valence-corrected chi connectivity index (χ1v) is 13.4. The number of hydrogen-bond donors (Lipinski definition) is 0. The van der Waals surface area contributed by atoms with Gasteiger partial charge in [-0.1, -0.05) is 94.0 Å². The van der Waals surface area contributed by atoms with E-state index in [9.17, 15) is 4.79 Å². The van der Waals surface area contributed by atoms with Crippen LogP contribution in [0.5, 0.6) is 0 Å². The van der Waals surface area contributed by atoms with Crippen LogP contribution in [0.4, 0.5) is 0 Å². The Morgan fingerprint density at radius 1 is 0.719 bits per heavy atom. The molecule has 0 atom stereocenters. The van der Waals surface area contributed by atoms with Gasteiger partial charge in [0.05, 0.1) is 0 Å². The molecular weight excluding hydrogens is 388 g/mol.